The summed E-state index contributed by atoms with van der Waals surface area (Å²) in [4.78, 5) is 0. The fraction of sp³-hybridized carbons (Fsp3) is 0.150. The van der Waals surface area contributed by atoms with Gasteiger partial charge >= 0.3 is 0 Å². The Morgan fingerprint density at radius 1 is 0.558 bits per heavy atom. The van der Waals surface area contributed by atoms with Gasteiger partial charge in [-0.1, -0.05) is 147 Å². The van der Waals surface area contributed by atoms with Gasteiger partial charge in [0, 0.05) is 27.0 Å². The summed E-state index contributed by atoms with van der Waals surface area (Å²) in [6.07, 6.45) is 12.6. The summed E-state index contributed by atoms with van der Waals surface area (Å²) in [5.41, 5.74) is 12.0. The molecule has 0 spiro atoms. The van der Waals surface area contributed by atoms with Crippen molar-refractivity contribution in [3.05, 3.63) is 142 Å². The first-order valence-electron chi connectivity index (χ1n) is 14.6. The Morgan fingerprint density at radius 2 is 0.953 bits per heavy atom. The van der Waals surface area contributed by atoms with Crippen molar-refractivity contribution in [3.63, 3.8) is 0 Å². The molecule has 0 amide bonds. The van der Waals surface area contributed by atoms with E-state index in [0.29, 0.717) is 16.4 Å². The van der Waals surface area contributed by atoms with Gasteiger partial charge in [-0.2, -0.15) is 0 Å². The predicted molar refractivity (Wildman–Crippen MR) is 188 cm³/mol. The monoisotopic (exact) mass is 574 g/mol. The molecule has 1 nitrogen and oxygen atoms in total. The molecule has 0 aliphatic rings. The number of terminal acetylenes is 2. The zero-order valence-corrected chi connectivity index (χ0v) is 26.7. The van der Waals surface area contributed by atoms with Crippen molar-refractivity contribution in [2.45, 2.75) is 41.5 Å². The van der Waals surface area contributed by atoms with Gasteiger partial charge in [-0.15, -0.1) is 12.8 Å². The van der Waals surface area contributed by atoms with Crippen LogP contribution in [0.5, 0.6) is 0 Å². The molecule has 0 aliphatic carbocycles. The van der Waals surface area contributed by atoms with Gasteiger partial charge in [-0.05, 0) is 53.7 Å². The van der Waals surface area contributed by atoms with Crippen molar-refractivity contribution in [2.24, 2.45) is 0 Å². The highest BCUT2D eigenvalue weighted by Crippen LogP contribution is 2.43. The summed E-state index contributed by atoms with van der Waals surface area (Å²) in [5.74, 6) is 5.92. The van der Waals surface area contributed by atoms with Crippen LogP contribution in [0.25, 0.3) is 0 Å². The number of rotatable bonds is 6. The topological polar surface area (TPSA) is 17.1 Å². The van der Waals surface area contributed by atoms with Gasteiger partial charge in [0.2, 0.25) is 6.71 Å². The number of benzene rings is 5. The van der Waals surface area contributed by atoms with E-state index >= 15 is 4.57 Å². The van der Waals surface area contributed by atoms with Gasteiger partial charge in [0.05, 0.1) is 0 Å². The molecule has 3 heteroatoms. The van der Waals surface area contributed by atoms with Crippen molar-refractivity contribution >= 4 is 46.2 Å². The quantitative estimate of drug-likeness (QED) is 0.146. The van der Waals surface area contributed by atoms with Gasteiger partial charge < -0.3 is 4.57 Å². The molecule has 0 N–H and O–H groups in total. The smallest absolute Gasteiger partial charge is 0.244 e. The summed E-state index contributed by atoms with van der Waals surface area (Å²) in [6, 6.07) is 32.1. The highest BCUT2D eigenvalue weighted by molar-refractivity contribution is 7.85. The normalized spacial score (nSPS) is 11.1. The lowest BCUT2D eigenvalue weighted by molar-refractivity contribution is 0.592. The third-order valence-corrected chi connectivity index (χ3v) is 11.5. The molecule has 210 valence electrons. The summed E-state index contributed by atoms with van der Waals surface area (Å²) in [6.45, 7) is 12.8. The molecule has 0 unspecified atom stereocenters. The predicted octanol–water partition coefficient (Wildman–Crippen LogP) is 5.66. The van der Waals surface area contributed by atoms with Crippen LogP contribution in [0.15, 0.2) is 97.1 Å². The first kappa shape index (κ1) is 30.0. The molecule has 0 fully saturated rings. The summed E-state index contributed by atoms with van der Waals surface area (Å²) in [7, 11) is -3.35. The average molecular weight is 575 g/mol. The minimum atomic E-state index is -3.35. The Labute approximate surface area is 257 Å². The molecule has 5 rings (SSSR count). The SMILES string of the molecule is C#Cc1cc(P(=O)(c2ccccc2)c2ccccc2)c(C#C)cc1B(c1c(C)cc(C)cc1C)c1c(C)cc(C)cc1C. The zero-order chi connectivity index (χ0) is 30.9. The van der Waals surface area contributed by atoms with Crippen LogP contribution in [0, 0.1) is 66.2 Å². The highest BCUT2D eigenvalue weighted by Gasteiger charge is 2.35. The van der Waals surface area contributed by atoms with Crippen molar-refractivity contribution < 1.29 is 4.57 Å². The summed E-state index contributed by atoms with van der Waals surface area (Å²) in [5, 5.41) is 2.04. The van der Waals surface area contributed by atoms with Crippen LogP contribution >= 0.6 is 7.14 Å². The van der Waals surface area contributed by atoms with E-state index < -0.39 is 7.14 Å². The van der Waals surface area contributed by atoms with Crippen molar-refractivity contribution in [3.8, 4) is 24.7 Å². The Kier molecular flexibility index (Phi) is 8.38. The first-order valence-corrected chi connectivity index (χ1v) is 16.3. The molecule has 5 aromatic carbocycles. The maximum Gasteiger partial charge on any atom is 0.244 e. The van der Waals surface area contributed by atoms with Crippen molar-refractivity contribution in [1.82, 2.24) is 0 Å². The minimum Gasteiger partial charge on any atom is -0.309 e. The van der Waals surface area contributed by atoms with Crippen LogP contribution in [-0.4, -0.2) is 6.71 Å². The molecular weight excluding hydrogens is 538 g/mol. The summed E-state index contributed by atoms with van der Waals surface area (Å²) < 4.78 is 15.4. The lowest BCUT2D eigenvalue weighted by Crippen LogP contribution is -2.57. The molecule has 0 heterocycles. The Morgan fingerprint density at radius 3 is 1.33 bits per heavy atom. The van der Waals surface area contributed by atoms with Crippen molar-refractivity contribution in [1.29, 1.82) is 0 Å². The zero-order valence-electron chi connectivity index (χ0n) is 25.8. The Balaban J connectivity index is 1.89. The van der Waals surface area contributed by atoms with Gasteiger partial charge in [0.25, 0.3) is 0 Å². The number of hydrogen-bond donors (Lipinski definition) is 0. The fourth-order valence-electron chi connectivity index (χ4n) is 6.80. The van der Waals surface area contributed by atoms with E-state index in [2.05, 4.69) is 77.6 Å². The molecule has 0 bridgehead atoms. The minimum absolute atomic E-state index is 0.152. The van der Waals surface area contributed by atoms with E-state index in [1.165, 1.54) is 44.3 Å². The lowest BCUT2D eigenvalue weighted by atomic mass is 9.33. The maximum atomic E-state index is 15.4. The molecule has 0 radical (unpaired) electrons. The standard InChI is InChI=1S/C40H36BOP/c1-9-33-26-38(43(42,35-17-13-11-14-18-35)36-19-15-12-16-20-36)34(10-2)25-37(33)41(39-29(5)21-27(3)22-30(39)6)40-31(7)23-28(4)24-32(40)8/h1-2,11-26H,3-8H3. The molecule has 0 saturated carbocycles. The van der Waals surface area contributed by atoms with E-state index in [0.717, 1.165) is 16.1 Å². The molecule has 5 aromatic rings. The molecule has 0 aromatic heterocycles. The van der Waals surface area contributed by atoms with E-state index in [1.807, 2.05) is 72.8 Å². The van der Waals surface area contributed by atoms with Crippen LogP contribution in [-0.2, 0) is 4.57 Å². The van der Waals surface area contributed by atoms with Crippen LogP contribution in [0.1, 0.15) is 44.5 Å². The van der Waals surface area contributed by atoms with Gasteiger partial charge in [-0.25, -0.2) is 0 Å². The van der Waals surface area contributed by atoms with Crippen LogP contribution in [0.3, 0.4) is 0 Å². The van der Waals surface area contributed by atoms with Crippen LogP contribution < -0.4 is 32.3 Å². The number of hydrogen-bond acceptors (Lipinski definition) is 1. The first-order chi connectivity index (χ1) is 20.6. The Bertz CT molecular complexity index is 1830. The molecule has 0 saturated heterocycles. The van der Waals surface area contributed by atoms with Gasteiger partial charge in [0.15, 0.2) is 7.14 Å². The fourth-order valence-corrected chi connectivity index (χ4v) is 9.61. The van der Waals surface area contributed by atoms with E-state index in [4.69, 9.17) is 12.8 Å². The lowest BCUT2D eigenvalue weighted by Gasteiger charge is -2.27. The highest BCUT2D eigenvalue weighted by atomic mass is 31.2. The molecule has 43 heavy (non-hydrogen) atoms. The molecular formula is C40H36BOP. The third-order valence-electron chi connectivity index (χ3n) is 8.42. The van der Waals surface area contributed by atoms with Crippen molar-refractivity contribution in [2.75, 3.05) is 0 Å². The van der Waals surface area contributed by atoms with E-state index in [-0.39, 0.29) is 6.71 Å². The number of aryl methyl sites for hydroxylation is 6. The van der Waals surface area contributed by atoms with E-state index in [9.17, 15) is 0 Å². The summed E-state index contributed by atoms with van der Waals surface area (Å²) >= 11 is 0. The maximum absolute atomic E-state index is 15.4. The molecule has 0 atom stereocenters. The second-order valence-corrected chi connectivity index (χ2v) is 14.3. The van der Waals surface area contributed by atoms with Gasteiger partial charge in [-0.3, -0.25) is 0 Å². The van der Waals surface area contributed by atoms with Crippen LogP contribution in [0.2, 0.25) is 0 Å². The largest absolute Gasteiger partial charge is 0.309 e. The van der Waals surface area contributed by atoms with Gasteiger partial charge in [0.1, 0.15) is 0 Å². The second-order valence-electron chi connectivity index (χ2n) is 11.6. The second kappa shape index (κ2) is 12.0. The Hall–Kier alpha value is -4.49. The van der Waals surface area contributed by atoms with E-state index in [1.54, 1.807) is 0 Å². The average Bonchev–Trinajstić information content (AvgIpc) is 2.99. The molecule has 0 aliphatic heterocycles. The third kappa shape index (κ3) is 5.41. The van der Waals surface area contributed by atoms with Crippen LogP contribution in [0.4, 0.5) is 0 Å².